The normalized spacial score (nSPS) is 12.9. The van der Waals surface area contributed by atoms with Crippen LogP contribution in [-0.4, -0.2) is 24.6 Å². The second-order valence-electron chi connectivity index (χ2n) is 5.29. The zero-order chi connectivity index (χ0) is 14.1. The zero-order valence-electron chi connectivity index (χ0n) is 12.3. The highest BCUT2D eigenvalue weighted by Gasteiger charge is 2.11. The number of nitrogens with one attached hydrogen (secondary N) is 1. The van der Waals surface area contributed by atoms with Gasteiger partial charge in [-0.25, -0.2) is 4.39 Å². The molecule has 108 valence electrons. The van der Waals surface area contributed by atoms with Gasteiger partial charge in [-0.3, -0.25) is 0 Å². The predicted octanol–water partition coefficient (Wildman–Crippen LogP) is 4.30. The Morgan fingerprint density at radius 2 is 1.84 bits per heavy atom. The Kier molecular flexibility index (Phi) is 8.15. The lowest BCUT2D eigenvalue weighted by Gasteiger charge is -2.19. The molecule has 19 heavy (non-hydrogen) atoms. The van der Waals surface area contributed by atoms with Crippen LogP contribution >= 0.6 is 11.8 Å². The lowest BCUT2D eigenvalue weighted by Crippen LogP contribution is -2.25. The van der Waals surface area contributed by atoms with Crippen LogP contribution in [0.3, 0.4) is 0 Å². The number of thioether (sulfide) groups is 1. The highest BCUT2D eigenvalue weighted by molar-refractivity contribution is 7.99. The van der Waals surface area contributed by atoms with Crippen LogP contribution in [0.4, 0.5) is 4.39 Å². The average molecular weight is 283 g/mol. The Morgan fingerprint density at radius 1 is 1.16 bits per heavy atom. The first kappa shape index (κ1) is 16.5. The summed E-state index contributed by atoms with van der Waals surface area (Å²) in [5.41, 5.74) is 1.24. The Labute approximate surface area is 121 Å². The summed E-state index contributed by atoms with van der Waals surface area (Å²) in [6.07, 6.45) is 1.15. The number of hydrogen-bond acceptors (Lipinski definition) is 2. The summed E-state index contributed by atoms with van der Waals surface area (Å²) >= 11 is 1.97. The first-order chi connectivity index (χ1) is 9.13. The molecule has 1 aromatic carbocycles. The summed E-state index contributed by atoms with van der Waals surface area (Å²) in [6.45, 7) is 8.64. The van der Waals surface area contributed by atoms with Crippen LogP contribution in [-0.2, 0) is 0 Å². The van der Waals surface area contributed by atoms with Gasteiger partial charge in [0.25, 0.3) is 0 Å². The van der Waals surface area contributed by atoms with Crippen LogP contribution in [0, 0.1) is 11.7 Å². The van der Waals surface area contributed by atoms with E-state index in [1.165, 1.54) is 11.3 Å². The summed E-state index contributed by atoms with van der Waals surface area (Å²) in [4.78, 5) is 0. The molecule has 1 rings (SSSR count). The predicted molar refractivity (Wildman–Crippen MR) is 84.5 cm³/mol. The van der Waals surface area contributed by atoms with E-state index in [1.807, 2.05) is 23.9 Å². The van der Waals surface area contributed by atoms with Gasteiger partial charge >= 0.3 is 0 Å². The molecular weight excluding hydrogens is 257 g/mol. The van der Waals surface area contributed by atoms with Crippen LogP contribution in [0.2, 0.25) is 0 Å². The van der Waals surface area contributed by atoms with Crippen molar-refractivity contribution in [1.82, 2.24) is 5.32 Å². The first-order valence-corrected chi connectivity index (χ1v) is 8.32. The van der Waals surface area contributed by atoms with E-state index in [2.05, 4.69) is 26.1 Å². The molecule has 0 spiro atoms. The molecule has 0 aliphatic carbocycles. The third-order valence-electron chi connectivity index (χ3n) is 3.10. The van der Waals surface area contributed by atoms with E-state index >= 15 is 0 Å². The molecule has 1 unspecified atom stereocenters. The van der Waals surface area contributed by atoms with Crippen molar-refractivity contribution in [2.45, 2.75) is 33.1 Å². The monoisotopic (exact) mass is 283 g/mol. The molecule has 0 heterocycles. The smallest absolute Gasteiger partial charge is 0.123 e. The fraction of sp³-hybridized carbons (Fsp3) is 0.625. The van der Waals surface area contributed by atoms with Gasteiger partial charge in [0.05, 0.1) is 0 Å². The molecule has 0 amide bonds. The van der Waals surface area contributed by atoms with Gasteiger partial charge in [0.2, 0.25) is 0 Å². The number of hydrogen-bond donors (Lipinski definition) is 1. The second kappa shape index (κ2) is 9.38. The molecule has 3 heteroatoms. The third-order valence-corrected chi connectivity index (χ3v) is 4.03. The van der Waals surface area contributed by atoms with Gasteiger partial charge in [-0.15, -0.1) is 0 Å². The molecule has 0 bridgehead atoms. The Hall–Kier alpha value is -0.540. The fourth-order valence-electron chi connectivity index (χ4n) is 2.04. The zero-order valence-corrected chi connectivity index (χ0v) is 13.1. The Balaban J connectivity index is 2.54. The average Bonchev–Trinajstić information content (AvgIpc) is 2.38. The summed E-state index contributed by atoms with van der Waals surface area (Å²) < 4.78 is 13.0. The first-order valence-electron chi connectivity index (χ1n) is 7.17. The SMILES string of the molecule is CCSCCC(CNCC(C)C)c1ccc(F)cc1. The van der Waals surface area contributed by atoms with E-state index < -0.39 is 0 Å². The standard InChI is InChI=1S/C16H26FNS/c1-4-19-10-9-15(12-18-11-13(2)3)14-5-7-16(17)8-6-14/h5-8,13,15,18H,4,9-12H2,1-3H3. The van der Waals surface area contributed by atoms with E-state index in [9.17, 15) is 4.39 Å². The van der Waals surface area contributed by atoms with E-state index in [0.717, 1.165) is 25.3 Å². The van der Waals surface area contributed by atoms with Crippen molar-refractivity contribution in [3.63, 3.8) is 0 Å². The van der Waals surface area contributed by atoms with Crippen molar-refractivity contribution in [1.29, 1.82) is 0 Å². The maximum atomic E-state index is 13.0. The molecule has 0 radical (unpaired) electrons. The van der Waals surface area contributed by atoms with Gasteiger partial charge in [0, 0.05) is 6.54 Å². The Morgan fingerprint density at radius 3 is 2.42 bits per heavy atom. The van der Waals surface area contributed by atoms with Gasteiger partial charge in [-0.2, -0.15) is 11.8 Å². The lowest BCUT2D eigenvalue weighted by atomic mass is 9.96. The quantitative estimate of drug-likeness (QED) is 0.678. The van der Waals surface area contributed by atoms with Crippen molar-refractivity contribution in [2.24, 2.45) is 5.92 Å². The minimum absolute atomic E-state index is 0.152. The van der Waals surface area contributed by atoms with Crippen LogP contribution in [0.25, 0.3) is 0 Å². The molecule has 1 N–H and O–H groups in total. The molecule has 1 nitrogen and oxygen atoms in total. The summed E-state index contributed by atoms with van der Waals surface area (Å²) in [6, 6.07) is 6.98. The van der Waals surface area contributed by atoms with Crippen molar-refractivity contribution >= 4 is 11.8 Å². The van der Waals surface area contributed by atoms with Crippen molar-refractivity contribution in [2.75, 3.05) is 24.6 Å². The number of benzene rings is 1. The van der Waals surface area contributed by atoms with Gasteiger partial charge in [0.1, 0.15) is 5.82 Å². The van der Waals surface area contributed by atoms with Crippen LogP contribution in [0.1, 0.15) is 38.7 Å². The lowest BCUT2D eigenvalue weighted by molar-refractivity contribution is 0.510. The minimum Gasteiger partial charge on any atom is -0.316 e. The summed E-state index contributed by atoms with van der Waals surface area (Å²) in [5, 5.41) is 3.52. The maximum absolute atomic E-state index is 13.0. The van der Waals surface area contributed by atoms with Crippen LogP contribution in [0.5, 0.6) is 0 Å². The van der Waals surface area contributed by atoms with E-state index in [-0.39, 0.29) is 5.82 Å². The molecule has 0 aliphatic rings. The van der Waals surface area contributed by atoms with Crippen LogP contribution < -0.4 is 5.32 Å². The summed E-state index contributed by atoms with van der Waals surface area (Å²) in [5.74, 6) is 3.33. The van der Waals surface area contributed by atoms with Crippen molar-refractivity contribution in [3.05, 3.63) is 35.6 Å². The fourth-order valence-corrected chi connectivity index (χ4v) is 2.78. The van der Waals surface area contributed by atoms with Gasteiger partial charge in [-0.05, 0) is 54.0 Å². The van der Waals surface area contributed by atoms with Gasteiger partial charge in [0.15, 0.2) is 0 Å². The van der Waals surface area contributed by atoms with Crippen LogP contribution in [0.15, 0.2) is 24.3 Å². The molecule has 0 saturated heterocycles. The maximum Gasteiger partial charge on any atom is 0.123 e. The summed E-state index contributed by atoms with van der Waals surface area (Å²) in [7, 11) is 0. The number of rotatable bonds is 9. The highest BCUT2D eigenvalue weighted by atomic mass is 32.2. The third kappa shape index (κ3) is 6.98. The molecule has 0 aromatic heterocycles. The van der Waals surface area contributed by atoms with Gasteiger partial charge < -0.3 is 5.32 Å². The number of halogens is 1. The van der Waals surface area contributed by atoms with Crippen molar-refractivity contribution in [3.8, 4) is 0 Å². The van der Waals surface area contributed by atoms with E-state index in [1.54, 1.807) is 12.1 Å². The van der Waals surface area contributed by atoms with E-state index in [4.69, 9.17) is 0 Å². The molecule has 0 fully saturated rings. The minimum atomic E-state index is -0.152. The second-order valence-corrected chi connectivity index (χ2v) is 6.68. The highest BCUT2D eigenvalue weighted by Crippen LogP contribution is 2.21. The molecular formula is C16H26FNS. The Bertz CT molecular complexity index is 337. The van der Waals surface area contributed by atoms with Crippen molar-refractivity contribution < 1.29 is 4.39 Å². The van der Waals surface area contributed by atoms with E-state index in [0.29, 0.717) is 11.8 Å². The topological polar surface area (TPSA) is 12.0 Å². The van der Waals surface area contributed by atoms with Gasteiger partial charge in [-0.1, -0.05) is 32.9 Å². The largest absolute Gasteiger partial charge is 0.316 e. The molecule has 0 aliphatic heterocycles. The molecule has 1 aromatic rings. The molecule has 0 saturated carbocycles. The molecule has 1 atom stereocenters.